The van der Waals surface area contributed by atoms with Gasteiger partial charge in [-0.2, -0.15) is 0 Å². The van der Waals surface area contributed by atoms with Crippen molar-refractivity contribution < 1.29 is 23.5 Å². The molecule has 2 amide bonds. The number of amides is 2. The molecule has 0 aliphatic carbocycles. The van der Waals surface area contributed by atoms with Gasteiger partial charge in [0.2, 0.25) is 6.17 Å². The number of carbonyl (C=O) groups is 2. The monoisotopic (exact) mass is 357 g/mol. The molecule has 1 heterocycles. The minimum Gasteiger partial charge on any atom is -0.439 e. The van der Waals surface area contributed by atoms with Gasteiger partial charge in [0.05, 0.1) is 19.3 Å². The molecule has 1 aliphatic heterocycles. The van der Waals surface area contributed by atoms with E-state index in [-0.39, 0.29) is 6.61 Å². The van der Waals surface area contributed by atoms with Crippen molar-refractivity contribution in [3.8, 4) is 0 Å². The second-order valence-electron chi connectivity index (χ2n) is 6.13. The van der Waals surface area contributed by atoms with Gasteiger partial charge in [-0.15, -0.1) is 0 Å². The molecule has 0 radical (unpaired) electrons. The van der Waals surface area contributed by atoms with Crippen LogP contribution < -0.4 is 0 Å². The SMILES string of the molecule is C[C@@H]1[C@H](c2ccccc2)OC(=O)N1C(=O)[C@H](F)COCc1ccccc1. The Hall–Kier alpha value is -2.73. The van der Waals surface area contributed by atoms with Gasteiger partial charge in [0.1, 0.15) is 6.10 Å². The number of rotatable bonds is 6. The van der Waals surface area contributed by atoms with Gasteiger partial charge in [-0.25, -0.2) is 14.1 Å². The first kappa shape index (κ1) is 18.1. The summed E-state index contributed by atoms with van der Waals surface area (Å²) in [6, 6.07) is 17.8. The van der Waals surface area contributed by atoms with E-state index in [0.29, 0.717) is 0 Å². The molecule has 26 heavy (non-hydrogen) atoms. The molecule has 0 spiro atoms. The van der Waals surface area contributed by atoms with Gasteiger partial charge in [0, 0.05) is 0 Å². The number of alkyl halides is 1. The standard InChI is InChI=1S/C20H20FNO4/c1-14-18(16-10-6-3-7-11-16)26-20(24)22(14)19(23)17(21)13-25-12-15-8-4-2-5-9-15/h2-11,14,17-18H,12-13H2,1H3/t14-,17-,18-/m1/s1. The van der Waals surface area contributed by atoms with Crippen LogP contribution in [0.1, 0.15) is 24.2 Å². The molecule has 3 atom stereocenters. The first-order valence-electron chi connectivity index (χ1n) is 8.42. The topological polar surface area (TPSA) is 55.8 Å². The summed E-state index contributed by atoms with van der Waals surface area (Å²) < 4.78 is 24.8. The minimum atomic E-state index is -1.93. The van der Waals surface area contributed by atoms with E-state index < -0.39 is 36.9 Å². The van der Waals surface area contributed by atoms with Crippen LogP contribution in [0, 0.1) is 0 Å². The number of benzene rings is 2. The smallest absolute Gasteiger partial charge is 0.417 e. The highest BCUT2D eigenvalue weighted by atomic mass is 19.1. The maximum Gasteiger partial charge on any atom is 0.417 e. The molecule has 3 rings (SSSR count). The van der Waals surface area contributed by atoms with E-state index in [2.05, 4.69) is 0 Å². The fourth-order valence-corrected chi connectivity index (χ4v) is 2.92. The van der Waals surface area contributed by atoms with E-state index in [4.69, 9.17) is 9.47 Å². The lowest BCUT2D eigenvalue weighted by Gasteiger charge is -2.21. The highest BCUT2D eigenvalue weighted by molar-refractivity contribution is 5.96. The van der Waals surface area contributed by atoms with Crippen molar-refractivity contribution in [2.24, 2.45) is 0 Å². The molecule has 1 saturated heterocycles. The van der Waals surface area contributed by atoms with Crippen LogP contribution in [0.4, 0.5) is 9.18 Å². The lowest BCUT2D eigenvalue weighted by molar-refractivity contribution is -0.136. The number of halogens is 1. The third-order valence-corrected chi connectivity index (χ3v) is 4.28. The molecule has 2 aromatic rings. The number of carbonyl (C=O) groups excluding carboxylic acids is 2. The molecular formula is C20H20FNO4. The zero-order chi connectivity index (χ0) is 18.5. The van der Waals surface area contributed by atoms with Crippen molar-refractivity contribution >= 4 is 12.0 Å². The summed E-state index contributed by atoms with van der Waals surface area (Å²) in [5.41, 5.74) is 1.64. The fourth-order valence-electron chi connectivity index (χ4n) is 2.92. The van der Waals surface area contributed by atoms with Crippen molar-refractivity contribution in [2.75, 3.05) is 6.61 Å². The second-order valence-corrected chi connectivity index (χ2v) is 6.13. The summed E-state index contributed by atoms with van der Waals surface area (Å²) in [5.74, 6) is -0.936. The molecule has 6 heteroatoms. The maximum absolute atomic E-state index is 14.3. The largest absolute Gasteiger partial charge is 0.439 e. The Morgan fingerprint density at radius 2 is 1.77 bits per heavy atom. The fraction of sp³-hybridized carbons (Fsp3) is 0.300. The number of hydrogen-bond acceptors (Lipinski definition) is 4. The molecule has 1 aliphatic rings. The Labute approximate surface area is 151 Å². The molecule has 0 unspecified atom stereocenters. The highest BCUT2D eigenvalue weighted by Gasteiger charge is 2.45. The summed E-state index contributed by atoms with van der Waals surface area (Å²) in [4.78, 5) is 25.3. The van der Waals surface area contributed by atoms with E-state index in [9.17, 15) is 14.0 Å². The van der Waals surface area contributed by atoms with E-state index in [0.717, 1.165) is 16.0 Å². The lowest BCUT2D eigenvalue weighted by Crippen LogP contribution is -2.44. The minimum absolute atomic E-state index is 0.196. The third kappa shape index (κ3) is 3.91. The first-order chi connectivity index (χ1) is 12.6. The summed E-state index contributed by atoms with van der Waals surface area (Å²) in [5, 5.41) is 0. The van der Waals surface area contributed by atoms with Gasteiger partial charge in [-0.1, -0.05) is 60.7 Å². The van der Waals surface area contributed by atoms with Crippen molar-refractivity contribution in [1.29, 1.82) is 0 Å². The molecule has 0 N–H and O–H groups in total. The lowest BCUT2D eigenvalue weighted by atomic mass is 10.0. The highest BCUT2D eigenvalue weighted by Crippen LogP contribution is 2.32. The van der Waals surface area contributed by atoms with E-state index in [1.807, 2.05) is 48.5 Å². The first-order valence-corrected chi connectivity index (χ1v) is 8.42. The molecule has 5 nitrogen and oxygen atoms in total. The number of cyclic esters (lactones) is 1. The van der Waals surface area contributed by atoms with Gasteiger partial charge in [-0.3, -0.25) is 4.79 Å². The van der Waals surface area contributed by atoms with Gasteiger partial charge in [-0.05, 0) is 18.1 Å². The summed E-state index contributed by atoms with van der Waals surface area (Å²) in [6.45, 7) is 1.44. The van der Waals surface area contributed by atoms with Crippen molar-refractivity contribution in [1.82, 2.24) is 4.90 Å². The van der Waals surface area contributed by atoms with Crippen LogP contribution in [-0.2, 0) is 20.9 Å². The van der Waals surface area contributed by atoms with Crippen LogP contribution in [0.2, 0.25) is 0 Å². The molecule has 0 bridgehead atoms. The van der Waals surface area contributed by atoms with E-state index in [1.54, 1.807) is 19.1 Å². The van der Waals surface area contributed by atoms with E-state index >= 15 is 0 Å². The molecule has 0 aromatic heterocycles. The van der Waals surface area contributed by atoms with Gasteiger partial charge >= 0.3 is 6.09 Å². The van der Waals surface area contributed by atoms with Crippen molar-refractivity contribution in [3.63, 3.8) is 0 Å². The van der Waals surface area contributed by atoms with Gasteiger partial charge in [0.15, 0.2) is 0 Å². The molecule has 0 saturated carbocycles. The Morgan fingerprint density at radius 1 is 1.15 bits per heavy atom. The molecular weight excluding hydrogens is 337 g/mol. The normalized spacial score (nSPS) is 20.7. The van der Waals surface area contributed by atoms with Crippen molar-refractivity contribution in [2.45, 2.75) is 31.8 Å². The zero-order valence-electron chi connectivity index (χ0n) is 14.4. The zero-order valence-corrected chi connectivity index (χ0v) is 14.4. The van der Waals surface area contributed by atoms with Gasteiger partial charge in [0.25, 0.3) is 5.91 Å². The van der Waals surface area contributed by atoms with Crippen LogP contribution in [-0.4, -0.2) is 35.7 Å². The van der Waals surface area contributed by atoms with Crippen LogP contribution in [0.25, 0.3) is 0 Å². The predicted octanol–water partition coefficient (Wildman–Crippen LogP) is 3.65. The average Bonchev–Trinajstić information content (AvgIpc) is 2.97. The Morgan fingerprint density at radius 3 is 2.42 bits per heavy atom. The quantitative estimate of drug-likeness (QED) is 0.792. The van der Waals surface area contributed by atoms with E-state index in [1.165, 1.54) is 0 Å². The molecule has 136 valence electrons. The second kappa shape index (κ2) is 8.10. The number of imide groups is 1. The summed E-state index contributed by atoms with van der Waals surface area (Å²) in [7, 11) is 0. The number of ether oxygens (including phenoxy) is 2. The molecule has 1 fully saturated rings. The Balaban J connectivity index is 1.58. The van der Waals surface area contributed by atoms with Crippen LogP contribution in [0.5, 0.6) is 0 Å². The number of hydrogen-bond donors (Lipinski definition) is 0. The Bertz CT molecular complexity index is 753. The summed E-state index contributed by atoms with van der Waals surface area (Å²) >= 11 is 0. The van der Waals surface area contributed by atoms with Crippen LogP contribution >= 0.6 is 0 Å². The van der Waals surface area contributed by atoms with Crippen LogP contribution in [0.15, 0.2) is 60.7 Å². The van der Waals surface area contributed by atoms with Crippen molar-refractivity contribution in [3.05, 3.63) is 71.8 Å². The average molecular weight is 357 g/mol. The van der Waals surface area contributed by atoms with Gasteiger partial charge < -0.3 is 9.47 Å². The van der Waals surface area contributed by atoms with Crippen LogP contribution in [0.3, 0.4) is 0 Å². The maximum atomic E-state index is 14.3. The third-order valence-electron chi connectivity index (χ3n) is 4.28. The molecule has 2 aromatic carbocycles. The predicted molar refractivity (Wildman–Crippen MR) is 93.0 cm³/mol. The summed E-state index contributed by atoms with van der Waals surface area (Å²) in [6.07, 6.45) is -3.37. The Kier molecular flexibility index (Phi) is 5.63. The number of nitrogens with zero attached hydrogens (tertiary/aromatic N) is 1.